The molecule has 4 aliphatic rings. The SMILES string of the molecule is C=CC(=O)NC12CC3CC(CC(C3)C1(C)C)C2. The minimum Gasteiger partial charge on any atom is -0.347 e. The molecule has 0 aromatic rings. The first kappa shape index (κ1) is 11.3. The van der Waals surface area contributed by atoms with E-state index < -0.39 is 0 Å². The molecular formula is C15H23NO. The van der Waals surface area contributed by atoms with Gasteiger partial charge in [-0.2, -0.15) is 0 Å². The maximum absolute atomic E-state index is 11.8. The maximum Gasteiger partial charge on any atom is 0.243 e. The van der Waals surface area contributed by atoms with Crippen LogP contribution in [0.15, 0.2) is 12.7 Å². The molecule has 4 rings (SSSR count). The number of rotatable bonds is 2. The van der Waals surface area contributed by atoms with Crippen LogP contribution in [0.4, 0.5) is 0 Å². The van der Waals surface area contributed by atoms with Crippen LogP contribution in [0.1, 0.15) is 46.0 Å². The predicted octanol–water partition coefficient (Wildman–Crippen LogP) is 2.89. The second-order valence-electron chi connectivity index (χ2n) is 7.04. The Morgan fingerprint density at radius 2 is 1.82 bits per heavy atom. The van der Waals surface area contributed by atoms with Crippen LogP contribution in [0, 0.1) is 23.2 Å². The summed E-state index contributed by atoms with van der Waals surface area (Å²) >= 11 is 0. The van der Waals surface area contributed by atoms with Crippen LogP contribution in [0.2, 0.25) is 0 Å². The maximum atomic E-state index is 11.8. The van der Waals surface area contributed by atoms with E-state index in [9.17, 15) is 4.79 Å². The molecule has 1 amide bonds. The first-order chi connectivity index (χ1) is 7.97. The van der Waals surface area contributed by atoms with E-state index in [4.69, 9.17) is 0 Å². The van der Waals surface area contributed by atoms with Gasteiger partial charge in [0.1, 0.15) is 0 Å². The second-order valence-corrected chi connectivity index (χ2v) is 7.04. The average molecular weight is 233 g/mol. The van der Waals surface area contributed by atoms with Gasteiger partial charge in [-0.25, -0.2) is 0 Å². The van der Waals surface area contributed by atoms with Crippen molar-refractivity contribution in [3.8, 4) is 0 Å². The molecule has 0 heterocycles. The van der Waals surface area contributed by atoms with Gasteiger partial charge < -0.3 is 5.32 Å². The summed E-state index contributed by atoms with van der Waals surface area (Å²) in [4.78, 5) is 11.8. The fourth-order valence-corrected chi connectivity index (χ4v) is 5.02. The average Bonchev–Trinajstić information content (AvgIpc) is 2.25. The molecule has 17 heavy (non-hydrogen) atoms. The Balaban J connectivity index is 1.95. The van der Waals surface area contributed by atoms with E-state index in [1.165, 1.54) is 38.2 Å². The third kappa shape index (κ3) is 1.42. The molecule has 1 N–H and O–H groups in total. The van der Waals surface area contributed by atoms with Crippen molar-refractivity contribution in [1.82, 2.24) is 5.32 Å². The molecule has 94 valence electrons. The molecule has 4 fully saturated rings. The molecule has 4 bridgehead atoms. The first-order valence-electron chi connectivity index (χ1n) is 6.91. The first-order valence-corrected chi connectivity index (χ1v) is 6.91. The molecule has 2 atom stereocenters. The minimum atomic E-state index is 0.0139. The molecule has 2 unspecified atom stereocenters. The van der Waals surface area contributed by atoms with Crippen LogP contribution in [0.25, 0.3) is 0 Å². The van der Waals surface area contributed by atoms with Crippen LogP contribution in [0.3, 0.4) is 0 Å². The second kappa shape index (κ2) is 3.37. The van der Waals surface area contributed by atoms with E-state index in [2.05, 4.69) is 25.7 Å². The zero-order chi connectivity index (χ0) is 12.3. The van der Waals surface area contributed by atoms with Crippen molar-refractivity contribution in [2.24, 2.45) is 23.2 Å². The van der Waals surface area contributed by atoms with E-state index >= 15 is 0 Å². The van der Waals surface area contributed by atoms with Gasteiger partial charge in [0.15, 0.2) is 0 Å². The highest BCUT2D eigenvalue weighted by Crippen LogP contribution is 2.63. The van der Waals surface area contributed by atoms with Gasteiger partial charge in [0.25, 0.3) is 0 Å². The van der Waals surface area contributed by atoms with Gasteiger partial charge in [-0.05, 0) is 61.3 Å². The summed E-state index contributed by atoms with van der Waals surface area (Å²) in [5, 5.41) is 3.31. The number of carbonyl (C=O) groups is 1. The van der Waals surface area contributed by atoms with Crippen LogP contribution in [-0.4, -0.2) is 11.4 Å². The number of carbonyl (C=O) groups excluding carboxylic acids is 1. The summed E-state index contributed by atoms with van der Waals surface area (Å²) in [6.45, 7) is 8.31. The van der Waals surface area contributed by atoms with Crippen LogP contribution < -0.4 is 5.32 Å². The Bertz CT molecular complexity index is 357. The molecule has 4 saturated carbocycles. The van der Waals surface area contributed by atoms with Gasteiger partial charge in [-0.3, -0.25) is 4.79 Å². The van der Waals surface area contributed by atoms with E-state index in [1.54, 1.807) is 0 Å². The van der Waals surface area contributed by atoms with Crippen molar-refractivity contribution in [1.29, 1.82) is 0 Å². The third-order valence-corrected chi connectivity index (χ3v) is 5.98. The standard InChI is InChI=1S/C15H23NO/c1-4-13(17)16-15-8-10-5-11(9-15)7-12(6-10)14(15,2)3/h4,10-12H,1,5-9H2,2-3H3,(H,16,17). The van der Waals surface area contributed by atoms with Crippen molar-refractivity contribution < 1.29 is 4.79 Å². The van der Waals surface area contributed by atoms with E-state index in [0.29, 0.717) is 0 Å². The Labute approximate surface area is 104 Å². The van der Waals surface area contributed by atoms with Gasteiger partial charge in [0, 0.05) is 5.54 Å². The van der Waals surface area contributed by atoms with E-state index in [0.717, 1.165) is 17.8 Å². The summed E-state index contributed by atoms with van der Waals surface area (Å²) in [5.74, 6) is 2.52. The highest BCUT2D eigenvalue weighted by Gasteiger charge is 2.61. The van der Waals surface area contributed by atoms with Crippen molar-refractivity contribution >= 4 is 5.91 Å². The summed E-state index contributed by atoms with van der Waals surface area (Å²) < 4.78 is 0. The zero-order valence-corrected chi connectivity index (χ0v) is 11.0. The monoisotopic (exact) mass is 233 g/mol. The highest BCUT2D eigenvalue weighted by atomic mass is 16.1. The van der Waals surface area contributed by atoms with Gasteiger partial charge >= 0.3 is 0 Å². The van der Waals surface area contributed by atoms with Crippen LogP contribution in [-0.2, 0) is 4.79 Å². The Morgan fingerprint density at radius 1 is 1.24 bits per heavy atom. The topological polar surface area (TPSA) is 29.1 Å². The summed E-state index contributed by atoms with van der Waals surface area (Å²) in [7, 11) is 0. The Hall–Kier alpha value is -0.790. The van der Waals surface area contributed by atoms with Gasteiger partial charge in [-0.1, -0.05) is 20.4 Å². The molecule has 0 spiro atoms. The summed E-state index contributed by atoms with van der Waals surface area (Å²) in [6.07, 6.45) is 7.97. The largest absolute Gasteiger partial charge is 0.347 e. The zero-order valence-electron chi connectivity index (χ0n) is 11.0. The number of nitrogens with one attached hydrogen (secondary N) is 1. The third-order valence-electron chi connectivity index (χ3n) is 5.98. The van der Waals surface area contributed by atoms with Crippen LogP contribution in [0.5, 0.6) is 0 Å². The minimum absolute atomic E-state index is 0.0139. The molecule has 0 aliphatic heterocycles. The molecule has 2 heteroatoms. The fraction of sp³-hybridized carbons (Fsp3) is 0.800. The lowest BCUT2D eigenvalue weighted by atomic mass is 9.43. The number of hydrogen-bond acceptors (Lipinski definition) is 1. The molecule has 4 aliphatic carbocycles. The Kier molecular flexibility index (Phi) is 2.24. The fourth-order valence-electron chi connectivity index (χ4n) is 5.02. The lowest BCUT2D eigenvalue weighted by Crippen LogP contribution is -2.69. The number of amides is 1. The lowest BCUT2D eigenvalue weighted by Gasteiger charge is -2.65. The molecule has 0 radical (unpaired) electrons. The molecule has 0 aromatic carbocycles. The highest BCUT2D eigenvalue weighted by molar-refractivity contribution is 5.87. The van der Waals surface area contributed by atoms with Crippen molar-refractivity contribution in [2.75, 3.05) is 0 Å². The Morgan fingerprint density at radius 3 is 2.35 bits per heavy atom. The normalized spacial score (nSPS) is 45.6. The molecule has 0 saturated heterocycles. The van der Waals surface area contributed by atoms with Crippen molar-refractivity contribution in [3.05, 3.63) is 12.7 Å². The molecular weight excluding hydrogens is 210 g/mol. The molecule has 0 aromatic heterocycles. The summed E-state index contributed by atoms with van der Waals surface area (Å²) in [6, 6.07) is 0. The van der Waals surface area contributed by atoms with Crippen molar-refractivity contribution in [3.63, 3.8) is 0 Å². The van der Waals surface area contributed by atoms with Crippen molar-refractivity contribution in [2.45, 2.75) is 51.5 Å². The van der Waals surface area contributed by atoms with Gasteiger partial charge in [-0.15, -0.1) is 0 Å². The lowest BCUT2D eigenvalue weighted by molar-refractivity contribution is -0.142. The van der Waals surface area contributed by atoms with E-state index in [-0.39, 0.29) is 16.9 Å². The summed E-state index contributed by atoms with van der Waals surface area (Å²) in [5.41, 5.74) is 0.298. The van der Waals surface area contributed by atoms with E-state index in [1.807, 2.05) is 0 Å². The smallest absolute Gasteiger partial charge is 0.243 e. The van der Waals surface area contributed by atoms with Crippen LogP contribution >= 0.6 is 0 Å². The van der Waals surface area contributed by atoms with Gasteiger partial charge in [0.2, 0.25) is 5.91 Å². The predicted molar refractivity (Wildman–Crippen MR) is 68.4 cm³/mol. The van der Waals surface area contributed by atoms with Gasteiger partial charge in [0.05, 0.1) is 0 Å². The quantitative estimate of drug-likeness (QED) is 0.730. The molecule has 2 nitrogen and oxygen atoms in total. The number of hydrogen-bond donors (Lipinski definition) is 1.